The van der Waals surface area contributed by atoms with Crippen LogP contribution in [0, 0.1) is 0 Å². The van der Waals surface area contributed by atoms with E-state index in [-0.39, 0.29) is 16.1 Å². The molecule has 0 saturated carbocycles. The van der Waals surface area contributed by atoms with Gasteiger partial charge in [0.1, 0.15) is 11.2 Å². The molecule has 0 aliphatic rings. The summed E-state index contributed by atoms with van der Waals surface area (Å²) in [7, 11) is -3.84. The smallest absolute Gasteiger partial charge is 0.268 e. The molecule has 0 amide bonds. The van der Waals surface area contributed by atoms with Gasteiger partial charge in [-0.2, -0.15) is 5.10 Å². The fourth-order valence-corrected chi connectivity index (χ4v) is 4.84. The molecule has 5 aromatic rings. The van der Waals surface area contributed by atoms with E-state index in [1.165, 1.54) is 9.25 Å². The zero-order valence-corrected chi connectivity index (χ0v) is 20.8. The monoisotopic (exact) mass is 554 g/mol. The summed E-state index contributed by atoms with van der Waals surface area (Å²) < 4.78 is 28.9. The Morgan fingerprint density at radius 3 is 2.15 bits per heavy atom. The Hall–Kier alpha value is -3.27. The van der Waals surface area contributed by atoms with Crippen LogP contribution in [0.25, 0.3) is 33.8 Å². The van der Waals surface area contributed by atoms with Gasteiger partial charge >= 0.3 is 0 Å². The summed E-state index contributed by atoms with van der Waals surface area (Å²) in [5, 5.41) is 4.41. The van der Waals surface area contributed by atoms with E-state index in [0.29, 0.717) is 27.8 Å². The van der Waals surface area contributed by atoms with Crippen LogP contribution in [0.5, 0.6) is 0 Å². The number of fused-ring (bicyclic) bond motifs is 1. The van der Waals surface area contributed by atoms with Gasteiger partial charge in [0.05, 0.1) is 11.4 Å². The van der Waals surface area contributed by atoms with Crippen molar-refractivity contribution in [3.05, 3.63) is 98.7 Å². The predicted octanol–water partition coefficient (Wildman–Crippen LogP) is 5.06. The molecular formula is C24H16BrClN4O3S. The first-order valence-corrected chi connectivity index (χ1v) is 13.1. The number of hydrogen-bond donors (Lipinski definition) is 0. The first-order chi connectivity index (χ1) is 16.2. The van der Waals surface area contributed by atoms with Gasteiger partial charge in [0.15, 0.2) is 20.5 Å². The van der Waals surface area contributed by atoms with Crippen LogP contribution < -0.4 is 5.56 Å². The third kappa shape index (κ3) is 3.96. The number of hydrogen-bond acceptors (Lipinski definition) is 5. The molecule has 5 rings (SSSR count). The lowest BCUT2D eigenvalue weighted by molar-refractivity contribution is 0.597. The molecule has 0 aliphatic heterocycles. The average molecular weight is 556 g/mol. The highest BCUT2D eigenvalue weighted by atomic mass is 79.9. The Kier molecular flexibility index (Phi) is 5.63. The number of sulfone groups is 1. The summed E-state index contributed by atoms with van der Waals surface area (Å²) >= 11 is 9.49. The minimum Gasteiger partial charge on any atom is -0.268 e. The number of rotatable bonds is 4. The Balaban J connectivity index is 1.96. The molecule has 0 atom stereocenters. The highest BCUT2D eigenvalue weighted by molar-refractivity contribution is 9.10. The number of halogens is 2. The summed E-state index contributed by atoms with van der Waals surface area (Å²) in [6.07, 6.45) is 1.03. The highest BCUT2D eigenvalue weighted by Gasteiger charge is 2.27. The number of benzene rings is 3. The summed E-state index contributed by atoms with van der Waals surface area (Å²) in [6, 6.07) is 23.0. The van der Waals surface area contributed by atoms with Crippen LogP contribution in [0.4, 0.5) is 0 Å². The zero-order chi connectivity index (χ0) is 24.0. The highest BCUT2D eigenvalue weighted by Crippen LogP contribution is 2.28. The number of para-hydroxylation sites is 1. The first-order valence-electron chi connectivity index (χ1n) is 10.1. The lowest BCUT2D eigenvalue weighted by Gasteiger charge is -2.14. The minimum atomic E-state index is -3.84. The van der Waals surface area contributed by atoms with Crippen LogP contribution in [0.15, 0.2) is 93.2 Å². The topological polar surface area (TPSA) is 86.8 Å². The fraction of sp³-hybridized carbons (Fsp3) is 0.0417. The molecule has 10 heteroatoms. The van der Waals surface area contributed by atoms with Gasteiger partial charge in [0.2, 0.25) is 0 Å². The van der Waals surface area contributed by atoms with E-state index in [1.54, 1.807) is 48.5 Å². The molecule has 0 aliphatic carbocycles. The van der Waals surface area contributed by atoms with E-state index in [4.69, 9.17) is 16.6 Å². The van der Waals surface area contributed by atoms with E-state index < -0.39 is 15.4 Å². The predicted molar refractivity (Wildman–Crippen MR) is 136 cm³/mol. The van der Waals surface area contributed by atoms with Crippen molar-refractivity contribution in [1.82, 2.24) is 19.3 Å². The average Bonchev–Trinajstić information content (AvgIpc) is 3.22. The second-order valence-corrected chi connectivity index (χ2v) is 10.9. The summed E-state index contributed by atoms with van der Waals surface area (Å²) in [6.45, 7) is 0. The Morgan fingerprint density at radius 2 is 1.53 bits per heavy atom. The van der Waals surface area contributed by atoms with Gasteiger partial charge in [-0.1, -0.05) is 57.9 Å². The largest absolute Gasteiger partial charge is 0.270 e. The van der Waals surface area contributed by atoms with E-state index in [1.807, 2.05) is 30.3 Å². The summed E-state index contributed by atoms with van der Waals surface area (Å²) in [5.74, 6) is 0.337. The van der Waals surface area contributed by atoms with Gasteiger partial charge in [-0.05, 0) is 48.5 Å². The van der Waals surface area contributed by atoms with E-state index in [2.05, 4.69) is 21.0 Å². The molecule has 170 valence electrons. The molecule has 0 fully saturated rings. The molecule has 0 bridgehead atoms. The van der Waals surface area contributed by atoms with Gasteiger partial charge in [0.25, 0.3) is 5.56 Å². The van der Waals surface area contributed by atoms with Crippen molar-refractivity contribution in [1.29, 1.82) is 0 Å². The van der Waals surface area contributed by atoms with Crippen LogP contribution in [0.2, 0.25) is 5.02 Å². The lowest BCUT2D eigenvalue weighted by Crippen LogP contribution is -2.23. The third-order valence-corrected chi connectivity index (χ3v) is 6.98. The van der Waals surface area contributed by atoms with Crippen molar-refractivity contribution in [2.75, 3.05) is 6.26 Å². The second kappa shape index (κ2) is 8.50. The van der Waals surface area contributed by atoms with Crippen molar-refractivity contribution in [3.8, 4) is 22.8 Å². The molecule has 34 heavy (non-hydrogen) atoms. The van der Waals surface area contributed by atoms with E-state index >= 15 is 0 Å². The Labute approximate surface area is 208 Å². The van der Waals surface area contributed by atoms with Crippen molar-refractivity contribution < 1.29 is 8.42 Å². The van der Waals surface area contributed by atoms with Gasteiger partial charge in [-0.25, -0.2) is 18.1 Å². The molecule has 7 nitrogen and oxygen atoms in total. The van der Waals surface area contributed by atoms with Crippen LogP contribution in [-0.2, 0) is 9.84 Å². The summed E-state index contributed by atoms with van der Waals surface area (Å²) in [5.41, 5.74) is 1.35. The molecule has 0 unspecified atom stereocenters. The Bertz CT molecular complexity index is 1700. The van der Waals surface area contributed by atoms with E-state index in [0.717, 1.165) is 10.7 Å². The van der Waals surface area contributed by atoms with Crippen molar-refractivity contribution >= 4 is 48.4 Å². The quantitative estimate of drug-likeness (QED) is 0.309. The Morgan fingerprint density at radius 1 is 0.882 bits per heavy atom. The molecule has 2 aromatic heterocycles. The van der Waals surface area contributed by atoms with Crippen molar-refractivity contribution in [2.24, 2.45) is 0 Å². The summed E-state index contributed by atoms with van der Waals surface area (Å²) in [4.78, 5) is 18.7. The van der Waals surface area contributed by atoms with Gasteiger partial charge in [-0.15, -0.1) is 0 Å². The molecule has 3 aromatic carbocycles. The van der Waals surface area contributed by atoms with Crippen LogP contribution in [0.3, 0.4) is 0 Å². The van der Waals surface area contributed by atoms with Gasteiger partial charge in [-0.3, -0.25) is 9.36 Å². The van der Waals surface area contributed by atoms with Crippen molar-refractivity contribution in [3.63, 3.8) is 0 Å². The molecule has 2 heterocycles. The normalized spacial score (nSPS) is 11.7. The van der Waals surface area contributed by atoms with Crippen LogP contribution in [-0.4, -0.2) is 34.0 Å². The maximum absolute atomic E-state index is 14.0. The van der Waals surface area contributed by atoms with E-state index in [9.17, 15) is 13.2 Å². The number of nitrogens with zero attached hydrogens (tertiary/aromatic N) is 4. The first kappa shape index (κ1) is 22.5. The standard InChI is InChI=1S/C24H16BrClN4O3S/c1-34(32,33)23-20-22(30(28-23)19-5-3-2-4-6-19)27-21(15-7-9-16(25)10-8-15)29(24(20)31)18-13-11-17(26)12-14-18/h2-14H,1H3. The minimum absolute atomic E-state index is 0.0813. The van der Waals surface area contributed by atoms with Gasteiger partial charge < -0.3 is 0 Å². The SMILES string of the molecule is CS(=O)(=O)c1nn(-c2ccccc2)c2nc(-c3ccc(Br)cc3)n(-c3ccc(Cl)cc3)c(=O)c12. The molecular weight excluding hydrogens is 540 g/mol. The number of aromatic nitrogens is 4. The fourth-order valence-electron chi connectivity index (χ4n) is 3.67. The third-order valence-electron chi connectivity index (χ3n) is 5.21. The lowest BCUT2D eigenvalue weighted by atomic mass is 10.2. The molecule has 0 saturated heterocycles. The van der Waals surface area contributed by atoms with Crippen LogP contribution >= 0.6 is 27.5 Å². The maximum Gasteiger partial charge on any atom is 0.270 e. The maximum atomic E-state index is 14.0. The van der Waals surface area contributed by atoms with Crippen LogP contribution in [0.1, 0.15) is 0 Å². The molecule has 0 spiro atoms. The van der Waals surface area contributed by atoms with Gasteiger partial charge in [0, 0.05) is 21.3 Å². The second-order valence-electron chi connectivity index (χ2n) is 7.58. The zero-order valence-electron chi connectivity index (χ0n) is 17.7. The van der Waals surface area contributed by atoms with Crippen molar-refractivity contribution in [2.45, 2.75) is 5.03 Å². The molecule has 0 N–H and O–H groups in total. The molecule has 0 radical (unpaired) electrons.